The van der Waals surface area contributed by atoms with E-state index in [1.54, 1.807) is 0 Å². The van der Waals surface area contributed by atoms with Gasteiger partial charge >= 0.3 is 5.97 Å². The van der Waals surface area contributed by atoms with Gasteiger partial charge in [-0.15, -0.1) is 0 Å². The molecule has 1 rings (SSSR count). The van der Waals surface area contributed by atoms with E-state index in [4.69, 9.17) is 15.2 Å². The number of nitrogens with two attached hydrogens (primary N) is 1. The van der Waals surface area contributed by atoms with Crippen molar-refractivity contribution in [2.75, 3.05) is 13.7 Å². The number of esters is 1. The van der Waals surface area contributed by atoms with Crippen molar-refractivity contribution in [1.29, 1.82) is 0 Å². The van der Waals surface area contributed by atoms with Crippen molar-refractivity contribution in [2.24, 2.45) is 5.73 Å². The van der Waals surface area contributed by atoms with Gasteiger partial charge in [0.2, 0.25) is 23.6 Å². The lowest BCUT2D eigenvalue weighted by Crippen LogP contribution is -2.65. The third kappa shape index (κ3) is 9.03. The summed E-state index contributed by atoms with van der Waals surface area (Å²) < 4.78 is 15.2. The first-order valence-corrected chi connectivity index (χ1v) is 10.8. The van der Waals surface area contributed by atoms with E-state index in [1.165, 1.54) is 13.8 Å². The molecule has 8 N–H and O–H groups in total. The van der Waals surface area contributed by atoms with Crippen LogP contribution in [0.5, 0.6) is 0 Å². The fraction of sp³-hybridized carbons (Fsp3) is 0.750. The van der Waals surface area contributed by atoms with Gasteiger partial charge in [-0.1, -0.05) is 0 Å². The molecule has 0 unspecified atom stereocenters. The lowest BCUT2D eigenvalue weighted by molar-refractivity contribution is -0.266. The van der Waals surface area contributed by atoms with E-state index in [-0.39, 0.29) is 12.8 Å². The van der Waals surface area contributed by atoms with E-state index in [2.05, 4.69) is 20.7 Å². The minimum absolute atomic E-state index is 0.103. The largest absolute Gasteiger partial charge is 0.467 e. The zero-order valence-electron chi connectivity index (χ0n) is 19.9. The van der Waals surface area contributed by atoms with Gasteiger partial charge in [-0.05, 0) is 20.3 Å². The predicted molar refractivity (Wildman–Crippen MR) is 116 cm³/mol. The Balaban J connectivity index is 2.82. The van der Waals surface area contributed by atoms with Gasteiger partial charge in [-0.3, -0.25) is 19.2 Å². The molecule has 15 heteroatoms. The van der Waals surface area contributed by atoms with Crippen molar-refractivity contribution in [1.82, 2.24) is 16.0 Å². The Morgan fingerprint density at radius 1 is 1.09 bits per heavy atom. The molecular formula is C20H34N4O11. The molecule has 0 bridgehead atoms. The van der Waals surface area contributed by atoms with Crippen LogP contribution in [0.2, 0.25) is 0 Å². The van der Waals surface area contributed by atoms with Gasteiger partial charge in [0.15, 0.2) is 6.29 Å². The number of hydrogen-bond donors (Lipinski definition) is 7. The number of aliphatic hydroxyl groups is 3. The van der Waals surface area contributed by atoms with Crippen molar-refractivity contribution in [3.63, 3.8) is 0 Å². The van der Waals surface area contributed by atoms with Gasteiger partial charge in [0.05, 0.1) is 13.7 Å². The molecule has 0 aromatic heterocycles. The van der Waals surface area contributed by atoms with Crippen LogP contribution in [0, 0.1) is 0 Å². The van der Waals surface area contributed by atoms with Gasteiger partial charge in [-0.25, -0.2) is 4.79 Å². The highest BCUT2D eigenvalue weighted by Crippen LogP contribution is 2.23. The Hall–Kier alpha value is -2.85. The van der Waals surface area contributed by atoms with E-state index in [9.17, 15) is 39.3 Å². The Bertz CT molecular complexity index is 780. The number of nitrogens with one attached hydrogen (secondary N) is 3. The molecule has 0 saturated carbocycles. The van der Waals surface area contributed by atoms with Gasteiger partial charge in [-0.2, -0.15) is 0 Å². The van der Waals surface area contributed by atoms with E-state index in [1.807, 2.05) is 0 Å². The van der Waals surface area contributed by atoms with Crippen LogP contribution in [0.15, 0.2) is 0 Å². The number of methoxy groups -OCH3 is 1. The Morgan fingerprint density at radius 3 is 2.23 bits per heavy atom. The summed E-state index contributed by atoms with van der Waals surface area (Å²) in [4.78, 5) is 59.4. The minimum atomic E-state index is -1.64. The van der Waals surface area contributed by atoms with Crippen molar-refractivity contribution in [3.8, 4) is 0 Å². The van der Waals surface area contributed by atoms with E-state index in [0.717, 1.165) is 14.0 Å². The highest BCUT2D eigenvalue weighted by atomic mass is 16.6. The normalized spacial score (nSPS) is 26.5. The summed E-state index contributed by atoms with van der Waals surface area (Å²) in [5.74, 6) is -3.61. The molecule has 0 spiro atoms. The molecule has 0 radical (unpaired) electrons. The summed E-state index contributed by atoms with van der Waals surface area (Å²) in [6.45, 7) is 3.13. The number of carbonyl (C=O) groups excluding carboxylic acids is 5. The molecule has 35 heavy (non-hydrogen) atoms. The molecule has 0 aliphatic carbocycles. The second kappa shape index (κ2) is 13.9. The quantitative estimate of drug-likeness (QED) is 0.125. The first kappa shape index (κ1) is 30.2. The number of hydrogen-bond acceptors (Lipinski definition) is 11. The third-order valence-corrected chi connectivity index (χ3v) is 5.21. The number of ether oxygens (including phenoxy) is 3. The summed E-state index contributed by atoms with van der Waals surface area (Å²) >= 11 is 0. The number of primary amides is 1. The average molecular weight is 507 g/mol. The van der Waals surface area contributed by atoms with Gasteiger partial charge in [0.1, 0.15) is 42.5 Å². The molecule has 1 fully saturated rings. The molecule has 1 aliphatic heterocycles. The molecule has 0 aromatic carbocycles. The predicted octanol–water partition coefficient (Wildman–Crippen LogP) is -4.24. The highest BCUT2D eigenvalue weighted by Gasteiger charge is 2.47. The highest BCUT2D eigenvalue weighted by molar-refractivity contribution is 5.91. The summed E-state index contributed by atoms with van der Waals surface area (Å²) in [5.41, 5.74) is 5.07. The fourth-order valence-corrected chi connectivity index (χ4v) is 3.30. The molecule has 1 saturated heterocycles. The van der Waals surface area contributed by atoms with Crippen LogP contribution in [-0.4, -0.2) is 107 Å². The monoisotopic (exact) mass is 506 g/mol. The molecule has 1 aliphatic rings. The third-order valence-electron chi connectivity index (χ3n) is 5.21. The maximum Gasteiger partial charge on any atom is 0.328 e. The van der Waals surface area contributed by atoms with Gasteiger partial charge in [0, 0.05) is 13.3 Å². The number of rotatable bonds is 12. The smallest absolute Gasteiger partial charge is 0.328 e. The van der Waals surface area contributed by atoms with Crippen LogP contribution in [-0.2, 0) is 38.2 Å². The van der Waals surface area contributed by atoms with Crippen LogP contribution in [0.25, 0.3) is 0 Å². The van der Waals surface area contributed by atoms with Crippen LogP contribution in [0.3, 0.4) is 0 Å². The summed E-state index contributed by atoms with van der Waals surface area (Å²) in [7, 11) is 1.10. The first-order valence-electron chi connectivity index (χ1n) is 10.8. The van der Waals surface area contributed by atoms with Crippen molar-refractivity contribution < 1.29 is 53.5 Å². The van der Waals surface area contributed by atoms with Gasteiger partial charge in [0.25, 0.3) is 0 Å². The summed E-state index contributed by atoms with van der Waals surface area (Å²) in [5, 5.41) is 37.1. The van der Waals surface area contributed by atoms with Crippen LogP contribution in [0.4, 0.5) is 0 Å². The molecule has 8 atom stereocenters. The van der Waals surface area contributed by atoms with Crippen molar-refractivity contribution >= 4 is 29.6 Å². The van der Waals surface area contributed by atoms with Crippen LogP contribution >= 0.6 is 0 Å². The molecule has 0 aromatic rings. The molecular weight excluding hydrogens is 472 g/mol. The zero-order chi connectivity index (χ0) is 26.9. The van der Waals surface area contributed by atoms with Crippen LogP contribution in [0.1, 0.15) is 33.6 Å². The Kier molecular flexibility index (Phi) is 12.0. The fourth-order valence-electron chi connectivity index (χ4n) is 3.30. The molecule has 1 heterocycles. The lowest BCUT2D eigenvalue weighted by atomic mass is 9.96. The topological polar surface area (TPSA) is 236 Å². The van der Waals surface area contributed by atoms with E-state index >= 15 is 0 Å². The first-order chi connectivity index (χ1) is 16.3. The molecule has 15 nitrogen and oxygen atoms in total. The number of aliphatic hydroxyl groups excluding tert-OH is 3. The minimum Gasteiger partial charge on any atom is -0.467 e. The zero-order valence-corrected chi connectivity index (χ0v) is 19.9. The second-order valence-electron chi connectivity index (χ2n) is 8.03. The summed E-state index contributed by atoms with van der Waals surface area (Å²) in [6, 6.07) is -3.58. The number of amides is 4. The molecule has 200 valence electrons. The number of carbonyl (C=O) groups is 5. The Labute approximate surface area is 201 Å². The van der Waals surface area contributed by atoms with Gasteiger partial charge < -0.3 is 51.2 Å². The standard InChI is InChI=1S/C20H34N4O11/c1-8(17(29)24-11(19(31)33-4)5-6-13(21)27)22-18(30)9(2)34-16-14(23-10(3)26)20(32)35-12(7-25)15(16)28/h8-9,11-12,14-16,20,25,28,32H,5-7H2,1-4H3,(H2,21,27)(H,22,30)(H,23,26)(H,24,29)/t8-,9-,11+,12+,14+,15+,16+,20-/m0/s1. The van der Waals surface area contributed by atoms with E-state index < -0.39 is 85.0 Å². The average Bonchev–Trinajstić information content (AvgIpc) is 2.79. The Morgan fingerprint density at radius 2 is 1.71 bits per heavy atom. The van der Waals surface area contributed by atoms with Crippen LogP contribution < -0.4 is 21.7 Å². The maximum absolute atomic E-state index is 12.6. The maximum atomic E-state index is 12.6. The second-order valence-corrected chi connectivity index (χ2v) is 8.03. The van der Waals surface area contributed by atoms with E-state index in [0.29, 0.717) is 0 Å². The SMILES string of the molecule is COC(=O)[C@@H](CCC(N)=O)NC(=O)[C@H](C)NC(=O)[C@H](C)O[C@H]1[C@H](O)[C@@H](CO)O[C@H](O)[C@@H]1NC(C)=O. The summed E-state index contributed by atoms with van der Waals surface area (Å²) in [6.07, 6.45) is -7.32. The van der Waals surface area contributed by atoms with Crippen molar-refractivity contribution in [3.05, 3.63) is 0 Å². The van der Waals surface area contributed by atoms with Crippen molar-refractivity contribution in [2.45, 2.75) is 82.4 Å². The lowest BCUT2D eigenvalue weighted by Gasteiger charge is -2.43. The molecule has 4 amide bonds.